The highest BCUT2D eigenvalue weighted by molar-refractivity contribution is 7.92. The van der Waals surface area contributed by atoms with E-state index < -0.39 is 21.9 Å². The minimum Gasteiger partial charge on any atom is -0.490 e. The summed E-state index contributed by atoms with van der Waals surface area (Å²) in [4.78, 5) is 28.6. The van der Waals surface area contributed by atoms with E-state index in [1.807, 2.05) is 25.1 Å². The predicted octanol–water partition coefficient (Wildman–Crippen LogP) is 6.29. The lowest BCUT2D eigenvalue weighted by atomic mass is 9.68. The van der Waals surface area contributed by atoms with Crippen molar-refractivity contribution in [3.05, 3.63) is 70.3 Å². The summed E-state index contributed by atoms with van der Waals surface area (Å²) in [6.45, 7) is 6.11. The van der Waals surface area contributed by atoms with E-state index in [4.69, 9.17) is 21.1 Å². The van der Waals surface area contributed by atoms with Crippen molar-refractivity contribution in [2.75, 3.05) is 44.0 Å². The molecule has 1 spiro atoms. The van der Waals surface area contributed by atoms with Gasteiger partial charge in [0.05, 0.1) is 24.2 Å². The van der Waals surface area contributed by atoms with Crippen molar-refractivity contribution in [2.45, 2.75) is 63.9 Å². The minimum absolute atomic E-state index is 0.0377. The molecule has 9 nitrogen and oxygen atoms in total. The number of aryl methyl sites for hydroxylation is 1. The van der Waals surface area contributed by atoms with E-state index in [0.717, 1.165) is 55.9 Å². The first-order valence-electron chi connectivity index (χ1n) is 16.5. The van der Waals surface area contributed by atoms with E-state index in [9.17, 15) is 13.8 Å². The maximum Gasteiger partial charge on any atom is 0.327 e. The van der Waals surface area contributed by atoms with Crippen molar-refractivity contribution in [3.63, 3.8) is 0 Å². The van der Waals surface area contributed by atoms with Gasteiger partial charge in [0, 0.05) is 42.7 Å². The summed E-state index contributed by atoms with van der Waals surface area (Å²) >= 11 is 6.43. The molecule has 2 N–H and O–H groups in total. The summed E-state index contributed by atoms with van der Waals surface area (Å²) in [5.41, 5.74) is 3.45. The van der Waals surface area contributed by atoms with Gasteiger partial charge in [0.15, 0.2) is 0 Å². The Bertz CT molecular complexity index is 1640. The van der Waals surface area contributed by atoms with Crippen LogP contribution in [0, 0.1) is 17.8 Å². The van der Waals surface area contributed by atoms with E-state index in [1.165, 1.54) is 11.1 Å². The number of hydrogen-bond donors (Lipinski definition) is 2. The number of amides is 3. The molecule has 6 rings (SSSR count). The highest BCUT2D eigenvalue weighted by Gasteiger charge is 2.44. The Morgan fingerprint density at radius 3 is 2.85 bits per heavy atom. The first-order chi connectivity index (χ1) is 22.1. The number of carbonyl (C=O) groups excluding carboxylic acids is 2. The molecule has 1 unspecified atom stereocenters. The van der Waals surface area contributed by atoms with E-state index in [2.05, 4.69) is 43.6 Å². The zero-order valence-electron chi connectivity index (χ0n) is 26.9. The molecule has 2 aliphatic carbocycles. The summed E-state index contributed by atoms with van der Waals surface area (Å²) in [6.07, 6.45) is 9.96. The van der Waals surface area contributed by atoms with Crippen LogP contribution in [0.2, 0.25) is 5.02 Å². The highest BCUT2D eigenvalue weighted by Crippen LogP contribution is 2.47. The van der Waals surface area contributed by atoms with E-state index >= 15 is 0 Å². The SMILES string of the molecule is CCNC(=O)NS1(=O)=NC(=O)c2ccc3c(c2)N(C[C@@H]2CC[C@H]2[C@@H](OC)/C=C/C[C@H](C)C1)C[C@@]1(CCCc2cc(Cl)ccc21)CO3. The van der Waals surface area contributed by atoms with Crippen LogP contribution >= 0.6 is 11.6 Å². The van der Waals surface area contributed by atoms with Crippen molar-refractivity contribution in [1.29, 1.82) is 0 Å². The Hall–Kier alpha value is -3.08. The summed E-state index contributed by atoms with van der Waals surface area (Å²) in [5.74, 6) is 0.775. The number of anilines is 1. The average Bonchev–Trinajstić information content (AvgIpc) is 3.14. The largest absolute Gasteiger partial charge is 0.490 e. The molecule has 1 fully saturated rings. The monoisotopic (exact) mass is 668 g/mol. The van der Waals surface area contributed by atoms with Crippen molar-refractivity contribution >= 4 is 39.1 Å². The second kappa shape index (κ2) is 13.6. The van der Waals surface area contributed by atoms with E-state index in [-0.39, 0.29) is 23.2 Å². The third-order valence-electron chi connectivity index (χ3n) is 10.1. The van der Waals surface area contributed by atoms with Crippen molar-refractivity contribution < 1.29 is 23.3 Å². The molecule has 2 heterocycles. The molecular formula is C35H45ClN4O5S. The first kappa shape index (κ1) is 32.8. The van der Waals surface area contributed by atoms with Gasteiger partial charge in [-0.15, -0.1) is 4.36 Å². The molecule has 2 aliphatic heterocycles. The summed E-state index contributed by atoms with van der Waals surface area (Å²) < 4.78 is 33.4. The van der Waals surface area contributed by atoms with Gasteiger partial charge in [-0.25, -0.2) is 9.00 Å². The van der Waals surface area contributed by atoms with Crippen LogP contribution in [0.15, 0.2) is 52.9 Å². The van der Waals surface area contributed by atoms with Gasteiger partial charge in [-0.3, -0.25) is 9.52 Å². The van der Waals surface area contributed by atoms with E-state index in [0.29, 0.717) is 42.7 Å². The molecule has 0 aromatic heterocycles. The van der Waals surface area contributed by atoms with Gasteiger partial charge < -0.3 is 19.7 Å². The van der Waals surface area contributed by atoms with Gasteiger partial charge in [-0.1, -0.05) is 36.7 Å². The number of urea groups is 1. The number of hydrogen-bond acceptors (Lipinski definition) is 6. The number of benzene rings is 2. The molecule has 2 aromatic rings. The molecular weight excluding hydrogens is 624 g/mol. The summed E-state index contributed by atoms with van der Waals surface area (Å²) in [7, 11) is -1.66. The molecule has 2 bridgehead atoms. The zero-order valence-corrected chi connectivity index (χ0v) is 28.5. The molecule has 3 amide bonds. The Kier molecular flexibility index (Phi) is 9.69. The zero-order chi connectivity index (χ0) is 32.5. The van der Waals surface area contributed by atoms with Crippen LogP contribution in [0.5, 0.6) is 5.75 Å². The quantitative estimate of drug-likeness (QED) is 0.372. The number of halogens is 1. The molecule has 0 saturated heterocycles. The number of rotatable bonds is 3. The van der Waals surface area contributed by atoms with Crippen LogP contribution < -0.4 is 19.7 Å². The van der Waals surface area contributed by atoms with Gasteiger partial charge in [0.2, 0.25) is 0 Å². The second-order valence-corrected chi connectivity index (χ2v) is 15.9. The minimum atomic E-state index is -3.42. The Morgan fingerprint density at radius 1 is 1.24 bits per heavy atom. The third-order valence-corrected chi connectivity index (χ3v) is 12.3. The topological polar surface area (TPSA) is 109 Å². The first-order valence-corrected chi connectivity index (χ1v) is 18.5. The molecule has 11 heteroatoms. The maximum atomic E-state index is 14.1. The fourth-order valence-corrected chi connectivity index (χ4v) is 9.75. The molecule has 1 saturated carbocycles. The summed E-state index contributed by atoms with van der Waals surface area (Å²) in [5, 5.41) is 3.36. The Morgan fingerprint density at radius 2 is 2.09 bits per heavy atom. The van der Waals surface area contributed by atoms with Crippen LogP contribution in [0.4, 0.5) is 10.5 Å². The van der Waals surface area contributed by atoms with Gasteiger partial charge in [0.1, 0.15) is 15.7 Å². The number of fused-ring (bicyclic) bond motifs is 4. The Labute approximate surface area is 277 Å². The number of methoxy groups -OCH3 is 1. The highest BCUT2D eigenvalue weighted by atomic mass is 35.5. The normalized spacial score (nSPS) is 31.7. The van der Waals surface area contributed by atoms with Gasteiger partial charge >= 0.3 is 6.03 Å². The van der Waals surface area contributed by atoms with Crippen LogP contribution in [0.1, 0.15) is 67.4 Å². The fourth-order valence-electron chi connectivity index (χ4n) is 7.71. The van der Waals surface area contributed by atoms with Gasteiger partial charge in [0.25, 0.3) is 5.91 Å². The van der Waals surface area contributed by atoms with Crippen LogP contribution in [-0.2, 0) is 26.5 Å². The lowest BCUT2D eigenvalue weighted by molar-refractivity contribution is 0.0131. The number of ether oxygens (including phenoxy) is 2. The molecule has 6 atom stereocenters. The predicted molar refractivity (Wildman–Crippen MR) is 182 cm³/mol. The van der Waals surface area contributed by atoms with Crippen LogP contribution in [0.25, 0.3) is 0 Å². The smallest absolute Gasteiger partial charge is 0.327 e. The standard InChI is InChI=1S/C35H45ClN4O5S/c1-4-37-34(42)39-46(43)20-23(2)7-5-9-31(44-3)28-13-10-26(28)19-40-21-35(16-6-8-24-17-27(36)12-14-29(24)35)22-45-32-15-11-25(18-30(32)40)33(41)38-46/h5,9,11-12,14-15,17-18,23,26,28,31H,4,6-8,10,13,16,19-22H2,1-3H3,(H2,37,38,39,41,42,43)/b9-5+/t23-,26-,28+,31-,35-,46?/m0/s1. The summed E-state index contributed by atoms with van der Waals surface area (Å²) in [6, 6.07) is 11.0. The number of nitrogens with zero attached hydrogens (tertiary/aromatic N) is 2. The number of carbonyl (C=O) groups is 2. The third kappa shape index (κ3) is 6.80. The van der Waals surface area contributed by atoms with Gasteiger partial charge in [-0.05, 0) is 105 Å². The van der Waals surface area contributed by atoms with Crippen LogP contribution in [0.3, 0.4) is 0 Å². The number of nitrogens with one attached hydrogen (secondary N) is 2. The maximum absolute atomic E-state index is 14.1. The average molecular weight is 669 g/mol. The van der Waals surface area contributed by atoms with Gasteiger partial charge in [-0.2, -0.15) is 0 Å². The van der Waals surface area contributed by atoms with Crippen molar-refractivity contribution in [2.24, 2.45) is 22.1 Å². The molecule has 248 valence electrons. The molecule has 46 heavy (non-hydrogen) atoms. The van der Waals surface area contributed by atoms with Crippen molar-refractivity contribution in [3.8, 4) is 5.75 Å². The molecule has 2 aromatic carbocycles. The second-order valence-electron chi connectivity index (χ2n) is 13.4. The lowest BCUT2D eigenvalue weighted by Crippen LogP contribution is -2.49. The van der Waals surface area contributed by atoms with Crippen LogP contribution in [-0.4, -0.2) is 61.4 Å². The lowest BCUT2D eigenvalue weighted by Gasteiger charge is -2.46. The fraction of sp³-hybridized carbons (Fsp3) is 0.543. The molecule has 4 aliphatic rings. The van der Waals surface area contributed by atoms with Crippen molar-refractivity contribution in [1.82, 2.24) is 10.0 Å². The van der Waals surface area contributed by atoms with E-state index in [1.54, 1.807) is 20.1 Å². The number of allylic oxidation sites excluding steroid dienone is 1. The Balaban J connectivity index is 1.44. The molecule has 0 radical (unpaired) electrons.